The molecule has 0 saturated carbocycles. The van der Waals surface area contributed by atoms with Gasteiger partial charge in [0.15, 0.2) is 0 Å². The van der Waals surface area contributed by atoms with E-state index in [-0.39, 0.29) is 5.41 Å². The molecule has 0 spiro atoms. The summed E-state index contributed by atoms with van der Waals surface area (Å²) in [6.07, 6.45) is 0. The second kappa shape index (κ2) is 1.70. The largest absolute Gasteiger partial charge is 0.388 e. The lowest BCUT2D eigenvalue weighted by Gasteiger charge is -2.31. The van der Waals surface area contributed by atoms with E-state index in [9.17, 15) is 5.11 Å². The number of aliphatic hydroxyl groups is 1. The van der Waals surface area contributed by atoms with Crippen molar-refractivity contribution in [2.24, 2.45) is 5.41 Å². The molecule has 2 heteroatoms. The molecule has 1 atom stereocenters. The van der Waals surface area contributed by atoms with Crippen molar-refractivity contribution in [2.45, 2.75) is 26.4 Å². The highest BCUT2D eigenvalue weighted by molar-refractivity contribution is 4.98. The number of nitrogens with one attached hydrogen (secondary N) is 1. The molecule has 1 rings (SSSR count). The predicted octanol–water partition coefficient (Wildman–Crippen LogP) is 0.367. The molecule has 54 valence electrons. The Hall–Kier alpha value is -0.0800. The molecule has 2 N–H and O–H groups in total. The van der Waals surface area contributed by atoms with E-state index in [0.717, 1.165) is 13.1 Å². The lowest BCUT2D eigenvalue weighted by Crippen LogP contribution is -2.40. The highest BCUT2D eigenvalue weighted by Gasteiger charge is 2.43. The summed E-state index contributed by atoms with van der Waals surface area (Å²) in [6.45, 7) is 7.67. The molecule has 0 aromatic heterocycles. The van der Waals surface area contributed by atoms with E-state index in [1.54, 1.807) is 0 Å². The van der Waals surface area contributed by atoms with Crippen molar-refractivity contribution < 1.29 is 5.11 Å². The van der Waals surface area contributed by atoms with Gasteiger partial charge in [-0.15, -0.1) is 0 Å². The maximum absolute atomic E-state index is 9.66. The van der Waals surface area contributed by atoms with Crippen molar-refractivity contribution in [3.8, 4) is 0 Å². The van der Waals surface area contributed by atoms with E-state index >= 15 is 0 Å². The molecule has 2 nitrogen and oxygen atoms in total. The minimum absolute atomic E-state index is 0.0347. The zero-order valence-corrected chi connectivity index (χ0v) is 6.36. The lowest BCUT2D eigenvalue weighted by molar-refractivity contribution is -0.00919. The lowest BCUT2D eigenvalue weighted by atomic mass is 9.79. The van der Waals surface area contributed by atoms with Gasteiger partial charge < -0.3 is 10.4 Å². The summed E-state index contributed by atoms with van der Waals surface area (Å²) in [7, 11) is 0. The fourth-order valence-electron chi connectivity index (χ4n) is 1.05. The van der Waals surface area contributed by atoms with Gasteiger partial charge in [0, 0.05) is 18.5 Å². The van der Waals surface area contributed by atoms with Crippen LogP contribution in [0, 0.1) is 5.41 Å². The molecule has 0 radical (unpaired) electrons. The topological polar surface area (TPSA) is 32.3 Å². The molecule has 0 aromatic rings. The minimum atomic E-state index is -0.521. The number of β-amino-alcohol motifs (C(OH)–C–C–N with tert-alkyl or cyclic N) is 1. The smallest absolute Gasteiger partial charge is 0.0806 e. The van der Waals surface area contributed by atoms with Crippen LogP contribution in [-0.2, 0) is 0 Å². The molecule has 1 fully saturated rings. The molecule has 1 heterocycles. The van der Waals surface area contributed by atoms with E-state index < -0.39 is 5.60 Å². The maximum Gasteiger partial charge on any atom is 0.0806 e. The van der Waals surface area contributed by atoms with Crippen molar-refractivity contribution >= 4 is 0 Å². The average molecular weight is 129 g/mol. The highest BCUT2D eigenvalue weighted by atomic mass is 16.3. The van der Waals surface area contributed by atoms with Crippen LogP contribution in [0.3, 0.4) is 0 Å². The zero-order valence-electron chi connectivity index (χ0n) is 6.36. The summed E-state index contributed by atoms with van der Waals surface area (Å²) >= 11 is 0. The summed E-state index contributed by atoms with van der Waals surface area (Å²) in [6, 6.07) is 0. The summed E-state index contributed by atoms with van der Waals surface area (Å²) in [4.78, 5) is 0. The van der Waals surface area contributed by atoms with E-state index in [2.05, 4.69) is 19.2 Å². The van der Waals surface area contributed by atoms with Gasteiger partial charge in [-0.2, -0.15) is 0 Å². The molecule has 0 aliphatic carbocycles. The normalized spacial score (nSPS) is 41.3. The minimum Gasteiger partial charge on any atom is -0.388 e. The van der Waals surface area contributed by atoms with Crippen LogP contribution in [-0.4, -0.2) is 23.8 Å². The van der Waals surface area contributed by atoms with Crippen molar-refractivity contribution in [1.29, 1.82) is 0 Å². The fourth-order valence-corrected chi connectivity index (χ4v) is 1.05. The third kappa shape index (κ3) is 0.970. The predicted molar refractivity (Wildman–Crippen MR) is 37.3 cm³/mol. The van der Waals surface area contributed by atoms with Gasteiger partial charge in [0.25, 0.3) is 0 Å². The van der Waals surface area contributed by atoms with Crippen LogP contribution < -0.4 is 5.32 Å². The molecular weight excluding hydrogens is 114 g/mol. The van der Waals surface area contributed by atoms with E-state index in [0.29, 0.717) is 0 Å². The van der Waals surface area contributed by atoms with Crippen molar-refractivity contribution in [3.63, 3.8) is 0 Å². The second-order valence-electron chi connectivity index (χ2n) is 3.76. The number of hydrogen-bond donors (Lipinski definition) is 2. The Morgan fingerprint density at radius 1 is 1.22 bits per heavy atom. The quantitative estimate of drug-likeness (QED) is 0.495. The molecule has 0 aromatic carbocycles. The van der Waals surface area contributed by atoms with Gasteiger partial charge in [0.05, 0.1) is 5.60 Å². The van der Waals surface area contributed by atoms with E-state index in [4.69, 9.17) is 0 Å². The van der Waals surface area contributed by atoms with Crippen molar-refractivity contribution in [2.75, 3.05) is 13.1 Å². The van der Waals surface area contributed by atoms with Gasteiger partial charge in [-0.1, -0.05) is 13.8 Å². The summed E-state index contributed by atoms with van der Waals surface area (Å²) in [5.74, 6) is 0. The van der Waals surface area contributed by atoms with Crippen LogP contribution in [0.15, 0.2) is 0 Å². The molecule has 9 heavy (non-hydrogen) atoms. The Morgan fingerprint density at radius 3 is 1.89 bits per heavy atom. The van der Waals surface area contributed by atoms with Crippen molar-refractivity contribution in [3.05, 3.63) is 0 Å². The van der Waals surface area contributed by atoms with Crippen LogP contribution in [0.4, 0.5) is 0 Å². The van der Waals surface area contributed by atoms with Crippen LogP contribution in [0.2, 0.25) is 0 Å². The number of hydrogen-bond acceptors (Lipinski definition) is 2. The Morgan fingerprint density at radius 2 is 1.78 bits per heavy atom. The molecule has 1 aliphatic rings. The van der Waals surface area contributed by atoms with Crippen molar-refractivity contribution in [1.82, 2.24) is 5.32 Å². The number of rotatable bonds is 0. The molecule has 0 bridgehead atoms. The molecular formula is C7H15NO. The first kappa shape index (κ1) is 7.03. The fraction of sp³-hybridized carbons (Fsp3) is 1.00. The first-order chi connectivity index (χ1) is 3.96. The van der Waals surface area contributed by atoms with Crippen LogP contribution in [0.25, 0.3) is 0 Å². The van der Waals surface area contributed by atoms with Crippen LogP contribution in [0.1, 0.15) is 20.8 Å². The zero-order chi connectivity index (χ0) is 7.12. The van der Waals surface area contributed by atoms with Gasteiger partial charge in [0.2, 0.25) is 0 Å². The second-order valence-corrected chi connectivity index (χ2v) is 3.76. The molecule has 1 saturated heterocycles. The molecule has 1 unspecified atom stereocenters. The monoisotopic (exact) mass is 129 g/mol. The summed E-state index contributed by atoms with van der Waals surface area (Å²) < 4.78 is 0. The highest BCUT2D eigenvalue weighted by Crippen LogP contribution is 2.33. The van der Waals surface area contributed by atoms with Gasteiger partial charge in [-0.25, -0.2) is 0 Å². The van der Waals surface area contributed by atoms with Gasteiger partial charge >= 0.3 is 0 Å². The first-order valence-electron chi connectivity index (χ1n) is 3.39. The van der Waals surface area contributed by atoms with E-state index in [1.807, 2.05) is 6.92 Å². The Labute approximate surface area is 56.3 Å². The van der Waals surface area contributed by atoms with E-state index in [1.165, 1.54) is 0 Å². The Kier molecular flexibility index (Phi) is 1.33. The Bertz CT molecular complexity index is 104. The third-order valence-corrected chi connectivity index (χ3v) is 2.49. The van der Waals surface area contributed by atoms with Gasteiger partial charge in [0.1, 0.15) is 0 Å². The summed E-state index contributed by atoms with van der Waals surface area (Å²) in [5, 5.41) is 12.8. The summed E-state index contributed by atoms with van der Waals surface area (Å²) in [5.41, 5.74) is -0.486. The molecule has 1 aliphatic heterocycles. The van der Waals surface area contributed by atoms with Crippen LogP contribution >= 0.6 is 0 Å². The van der Waals surface area contributed by atoms with Crippen LogP contribution in [0.5, 0.6) is 0 Å². The SMILES string of the molecule is CC1(C)CNCC1(C)O. The average Bonchev–Trinajstić information content (AvgIpc) is 1.81. The first-order valence-corrected chi connectivity index (χ1v) is 3.39. The van der Waals surface area contributed by atoms with Gasteiger partial charge in [-0.05, 0) is 6.92 Å². The molecule has 0 amide bonds. The maximum atomic E-state index is 9.66. The third-order valence-electron chi connectivity index (χ3n) is 2.49. The van der Waals surface area contributed by atoms with Gasteiger partial charge in [-0.3, -0.25) is 0 Å². The standard InChI is InChI=1S/C7H15NO/c1-6(2)4-8-5-7(6,3)9/h8-9H,4-5H2,1-3H3. The Balaban J connectivity index is 2.75.